The van der Waals surface area contributed by atoms with Crippen LogP contribution < -0.4 is 10.6 Å². The van der Waals surface area contributed by atoms with Crippen LogP contribution in [0.15, 0.2) is 4.99 Å². The lowest BCUT2D eigenvalue weighted by molar-refractivity contribution is -0.135. The lowest BCUT2D eigenvalue weighted by atomic mass is 10.2. The highest BCUT2D eigenvalue weighted by Gasteiger charge is 2.25. The van der Waals surface area contributed by atoms with E-state index in [1.807, 2.05) is 13.8 Å². The van der Waals surface area contributed by atoms with Crippen LogP contribution in [0.2, 0.25) is 0 Å². The molecule has 0 unspecified atom stereocenters. The molecule has 0 aliphatic rings. The molecule has 0 saturated heterocycles. The van der Waals surface area contributed by atoms with Crippen LogP contribution in [0.3, 0.4) is 0 Å². The van der Waals surface area contributed by atoms with Crippen molar-refractivity contribution >= 4 is 5.96 Å². The Morgan fingerprint density at radius 2 is 1.82 bits per heavy atom. The highest BCUT2D eigenvalue weighted by Crippen LogP contribution is 2.21. The van der Waals surface area contributed by atoms with E-state index in [0.29, 0.717) is 18.9 Å². The van der Waals surface area contributed by atoms with Crippen molar-refractivity contribution < 1.29 is 13.2 Å². The summed E-state index contributed by atoms with van der Waals surface area (Å²) in [5.74, 6) is 0.682. The van der Waals surface area contributed by atoms with Crippen molar-refractivity contribution in [1.82, 2.24) is 10.6 Å². The zero-order valence-electron chi connectivity index (χ0n) is 10.5. The molecule has 0 aromatic carbocycles. The van der Waals surface area contributed by atoms with Gasteiger partial charge in [-0.05, 0) is 26.2 Å². The number of hydrogen-bond donors (Lipinski definition) is 2. The minimum atomic E-state index is -4.04. The Kier molecular flexibility index (Phi) is 8.62. The highest BCUT2D eigenvalue weighted by atomic mass is 19.4. The summed E-state index contributed by atoms with van der Waals surface area (Å²) < 4.78 is 35.6. The first-order valence-electron chi connectivity index (χ1n) is 6.08. The number of unbranched alkanes of at least 4 members (excludes halogenated alkanes) is 1. The maximum atomic E-state index is 11.9. The summed E-state index contributed by atoms with van der Waals surface area (Å²) in [7, 11) is 0. The molecule has 0 aliphatic carbocycles. The molecule has 102 valence electrons. The van der Waals surface area contributed by atoms with Crippen LogP contribution in [-0.4, -0.2) is 31.8 Å². The molecule has 6 heteroatoms. The normalized spacial score (nSPS) is 12.6. The van der Waals surface area contributed by atoms with Gasteiger partial charge < -0.3 is 10.6 Å². The zero-order chi connectivity index (χ0) is 13.1. The molecule has 0 radical (unpaired) electrons. The molecule has 0 spiro atoms. The Balaban J connectivity index is 3.68. The summed E-state index contributed by atoms with van der Waals surface area (Å²) in [6.45, 7) is 5.96. The van der Waals surface area contributed by atoms with E-state index in [1.54, 1.807) is 0 Å². The molecular formula is C11H22F3N3. The monoisotopic (exact) mass is 253 g/mol. The zero-order valence-corrected chi connectivity index (χ0v) is 10.5. The number of rotatable bonds is 7. The second-order valence-electron chi connectivity index (χ2n) is 3.76. The van der Waals surface area contributed by atoms with E-state index in [-0.39, 0.29) is 6.42 Å². The summed E-state index contributed by atoms with van der Waals surface area (Å²) in [5.41, 5.74) is 0. The molecule has 3 nitrogen and oxygen atoms in total. The Morgan fingerprint density at radius 1 is 1.12 bits per heavy atom. The Bertz CT molecular complexity index is 214. The van der Waals surface area contributed by atoms with E-state index in [2.05, 4.69) is 15.6 Å². The molecule has 2 N–H and O–H groups in total. The van der Waals surface area contributed by atoms with Crippen LogP contribution in [0.25, 0.3) is 0 Å². The van der Waals surface area contributed by atoms with Crippen LogP contribution >= 0.6 is 0 Å². The topological polar surface area (TPSA) is 36.4 Å². The number of hydrogen-bond acceptors (Lipinski definition) is 1. The number of nitrogens with one attached hydrogen (secondary N) is 2. The summed E-state index contributed by atoms with van der Waals surface area (Å²) in [4.78, 5) is 4.25. The first-order chi connectivity index (χ1) is 7.99. The molecule has 0 bridgehead atoms. The fourth-order valence-corrected chi connectivity index (χ4v) is 1.22. The average Bonchev–Trinajstić information content (AvgIpc) is 2.23. The minimum absolute atomic E-state index is 0.156. The third-order valence-corrected chi connectivity index (χ3v) is 2.02. The van der Waals surface area contributed by atoms with Crippen LogP contribution in [0.1, 0.15) is 39.5 Å². The van der Waals surface area contributed by atoms with Gasteiger partial charge in [-0.3, -0.25) is 4.99 Å². The number of nitrogens with zero attached hydrogens (tertiary/aromatic N) is 1. The van der Waals surface area contributed by atoms with Crippen molar-refractivity contribution in [2.45, 2.75) is 45.7 Å². The fraction of sp³-hybridized carbons (Fsp3) is 0.909. The van der Waals surface area contributed by atoms with Crippen LogP contribution in [-0.2, 0) is 0 Å². The highest BCUT2D eigenvalue weighted by molar-refractivity contribution is 5.79. The lowest BCUT2D eigenvalue weighted by Gasteiger charge is -2.11. The smallest absolute Gasteiger partial charge is 0.357 e. The van der Waals surface area contributed by atoms with Gasteiger partial charge in [0, 0.05) is 26.1 Å². The van der Waals surface area contributed by atoms with Crippen molar-refractivity contribution in [2.24, 2.45) is 4.99 Å². The molecule has 0 heterocycles. The van der Waals surface area contributed by atoms with Gasteiger partial charge in [0.1, 0.15) is 0 Å². The fourth-order valence-electron chi connectivity index (χ4n) is 1.22. The SMILES string of the molecule is CCCN=C(NCC)NCCCCC(F)(F)F. The number of guanidine groups is 1. The van der Waals surface area contributed by atoms with Crippen molar-refractivity contribution in [3.8, 4) is 0 Å². The molecule has 0 atom stereocenters. The molecule has 0 aromatic heterocycles. The first kappa shape index (κ1) is 16.1. The molecule has 0 fully saturated rings. The van der Waals surface area contributed by atoms with Crippen molar-refractivity contribution in [3.63, 3.8) is 0 Å². The van der Waals surface area contributed by atoms with E-state index >= 15 is 0 Å². The third-order valence-electron chi connectivity index (χ3n) is 2.02. The second kappa shape index (κ2) is 9.13. The van der Waals surface area contributed by atoms with Gasteiger partial charge in [0.2, 0.25) is 0 Å². The van der Waals surface area contributed by atoms with E-state index in [9.17, 15) is 13.2 Å². The van der Waals surface area contributed by atoms with Gasteiger partial charge in [0.15, 0.2) is 5.96 Å². The molecule has 0 aliphatic heterocycles. The standard InChI is InChI=1S/C11H22F3N3/c1-3-8-16-10(15-4-2)17-9-6-5-7-11(12,13)14/h3-9H2,1-2H3,(H2,15,16,17). The Labute approximate surface area is 101 Å². The van der Waals surface area contributed by atoms with Crippen molar-refractivity contribution in [2.75, 3.05) is 19.6 Å². The van der Waals surface area contributed by atoms with E-state index in [1.165, 1.54) is 0 Å². The van der Waals surface area contributed by atoms with Gasteiger partial charge >= 0.3 is 6.18 Å². The first-order valence-corrected chi connectivity index (χ1v) is 6.08. The summed E-state index contributed by atoms with van der Waals surface area (Å²) >= 11 is 0. The van der Waals surface area contributed by atoms with E-state index < -0.39 is 12.6 Å². The Morgan fingerprint density at radius 3 is 2.35 bits per heavy atom. The van der Waals surface area contributed by atoms with Gasteiger partial charge in [-0.2, -0.15) is 13.2 Å². The summed E-state index contributed by atoms with van der Waals surface area (Å²) in [6, 6.07) is 0. The molecule has 0 rings (SSSR count). The Hall–Kier alpha value is -0.940. The second-order valence-corrected chi connectivity index (χ2v) is 3.76. The number of alkyl halides is 3. The van der Waals surface area contributed by atoms with Gasteiger partial charge in [0.05, 0.1) is 0 Å². The lowest BCUT2D eigenvalue weighted by Crippen LogP contribution is -2.37. The van der Waals surface area contributed by atoms with Crippen LogP contribution in [0.5, 0.6) is 0 Å². The molecule has 0 aromatic rings. The quantitative estimate of drug-likeness (QED) is 0.416. The van der Waals surface area contributed by atoms with Gasteiger partial charge in [-0.25, -0.2) is 0 Å². The number of aliphatic imine (C=N–C) groups is 1. The summed E-state index contributed by atoms with van der Waals surface area (Å²) in [6.07, 6.45) is -3.15. The molecule has 0 saturated carbocycles. The maximum absolute atomic E-state index is 11.9. The third kappa shape index (κ3) is 11.3. The molecule has 17 heavy (non-hydrogen) atoms. The van der Waals surface area contributed by atoms with Crippen LogP contribution in [0.4, 0.5) is 13.2 Å². The predicted octanol–water partition coefficient (Wildman–Crippen LogP) is 2.68. The van der Waals surface area contributed by atoms with Crippen molar-refractivity contribution in [1.29, 1.82) is 0 Å². The van der Waals surface area contributed by atoms with Gasteiger partial charge in [-0.1, -0.05) is 6.92 Å². The van der Waals surface area contributed by atoms with Gasteiger partial charge in [-0.15, -0.1) is 0 Å². The average molecular weight is 253 g/mol. The van der Waals surface area contributed by atoms with Crippen molar-refractivity contribution in [3.05, 3.63) is 0 Å². The molecular weight excluding hydrogens is 231 g/mol. The molecule has 0 amide bonds. The maximum Gasteiger partial charge on any atom is 0.389 e. The van der Waals surface area contributed by atoms with Crippen LogP contribution in [0, 0.1) is 0 Å². The predicted molar refractivity (Wildman–Crippen MR) is 64.2 cm³/mol. The van der Waals surface area contributed by atoms with Gasteiger partial charge in [0.25, 0.3) is 0 Å². The summed E-state index contributed by atoms with van der Waals surface area (Å²) in [5, 5.41) is 6.05. The van der Waals surface area contributed by atoms with E-state index in [0.717, 1.165) is 19.5 Å². The largest absolute Gasteiger partial charge is 0.389 e. The number of halogens is 3. The minimum Gasteiger partial charge on any atom is -0.357 e. The van der Waals surface area contributed by atoms with E-state index in [4.69, 9.17) is 0 Å².